The molecule has 2 bridgehead atoms. The van der Waals surface area contributed by atoms with E-state index in [2.05, 4.69) is 4.90 Å². The number of ketones is 1. The highest BCUT2D eigenvalue weighted by molar-refractivity contribution is 7.12. The lowest BCUT2D eigenvalue weighted by Gasteiger charge is -2.46. The number of carbonyl (C=O) groups excluding carboxylic acids is 2. The van der Waals surface area contributed by atoms with Crippen molar-refractivity contribution in [2.45, 2.75) is 31.8 Å². The molecule has 3 atom stereocenters. The lowest BCUT2D eigenvalue weighted by atomic mass is 9.78. The second-order valence-electron chi connectivity index (χ2n) is 8.10. The van der Waals surface area contributed by atoms with Crippen molar-refractivity contribution in [2.75, 3.05) is 27.2 Å². The number of rotatable bonds is 4. The molecule has 2 aromatic rings. The maximum absolute atomic E-state index is 13.0. The lowest BCUT2D eigenvalue weighted by molar-refractivity contribution is -0.135. The number of aromatic nitrogens is 1. The Kier molecular flexibility index (Phi) is 4.97. The molecular weight excluding hydrogens is 374 g/mol. The molecule has 0 spiro atoms. The quantitative estimate of drug-likeness (QED) is 0.741. The average molecular weight is 400 g/mol. The van der Waals surface area contributed by atoms with Gasteiger partial charge in [0.15, 0.2) is 5.78 Å². The number of likely N-dealkylation sites (tertiary alicyclic amines) is 1. The Bertz CT molecular complexity index is 977. The molecule has 148 valence electrons. The Labute approximate surface area is 168 Å². The van der Waals surface area contributed by atoms with E-state index in [0.29, 0.717) is 0 Å². The fourth-order valence-electron chi connectivity index (χ4n) is 4.64. The zero-order chi connectivity index (χ0) is 20.0. The summed E-state index contributed by atoms with van der Waals surface area (Å²) < 4.78 is 1.73. The van der Waals surface area contributed by atoms with E-state index >= 15 is 0 Å². The van der Waals surface area contributed by atoms with Crippen molar-refractivity contribution < 1.29 is 9.59 Å². The topological polar surface area (TPSA) is 62.6 Å². The third-order valence-corrected chi connectivity index (χ3v) is 6.90. The predicted octanol–water partition coefficient (Wildman–Crippen LogP) is 2.36. The maximum atomic E-state index is 13.0. The van der Waals surface area contributed by atoms with E-state index in [1.165, 1.54) is 11.3 Å². The van der Waals surface area contributed by atoms with Crippen molar-refractivity contribution in [2.24, 2.45) is 5.92 Å². The van der Waals surface area contributed by atoms with Crippen LogP contribution in [0.5, 0.6) is 0 Å². The zero-order valence-electron chi connectivity index (χ0n) is 16.4. The van der Waals surface area contributed by atoms with Gasteiger partial charge in [-0.2, -0.15) is 0 Å². The minimum absolute atomic E-state index is 0.0192. The third kappa shape index (κ3) is 3.33. The summed E-state index contributed by atoms with van der Waals surface area (Å²) >= 11 is 1.49. The molecule has 0 aromatic carbocycles. The van der Waals surface area contributed by atoms with E-state index in [4.69, 9.17) is 0 Å². The molecule has 4 rings (SSSR count). The molecule has 28 heavy (non-hydrogen) atoms. The summed E-state index contributed by atoms with van der Waals surface area (Å²) in [5, 5.41) is 2.04. The number of pyridine rings is 1. The molecule has 1 fully saturated rings. The smallest absolute Gasteiger partial charge is 0.251 e. The van der Waals surface area contributed by atoms with Crippen LogP contribution in [0, 0.1) is 5.92 Å². The van der Waals surface area contributed by atoms with Crippen LogP contribution in [0.2, 0.25) is 0 Å². The van der Waals surface area contributed by atoms with E-state index in [1.54, 1.807) is 42.6 Å². The van der Waals surface area contributed by atoms with Crippen molar-refractivity contribution in [3.8, 4) is 0 Å². The molecule has 0 saturated carbocycles. The Morgan fingerprint density at radius 3 is 2.71 bits per heavy atom. The van der Waals surface area contributed by atoms with E-state index in [0.717, 1.165) is 42.2 Å². The number of likely N-dealkylation sites (N-methyl/N-ethyl adjacent to an activating group) is 1. The average Bonchev–Trinajstić information content (AvgIpc) is 3.11. The summed E-state index contributed by atoms with van der Waals surface area (Å²) in [4.78, 5) is 41.9. The summed E-state index contributed by atoms with van der Waals surface area (Å²) in [5.74, 6) is 0.419. The second kappa shape index (κ2) is 7.29. The number of hydrogen-bond donors (Lipinski definition) is 0. The van der Waals surface area contributed by atoms with Crippen molar-refractivity contribution in [3.05, 3.63) is 56.1 Å². The molecule has 0 unspecified atom stereocenters. The molecule has 4 heterocycles. The van der Waals surface area contributed by atoms with E-state index in [-0.39, 0.29) is 29.1 Å². The molecule has 0 radical (unpaired) electrons. The largest absolute Gasteiger partial charge is 0.347 e. The van der Waals surface area contributed by atoms with Crippen molar-refractivity contribution in [3.63, 3.8) is 0 Å². The number of nitrogens with zero attached hydrogens (tertiary/aromatic N) is 3. The molecule has 2 aliphatic rings. The van der Waals surface area contributed by atoms with Crippen LogP contribution in [0.25, 0.3) is 0 Å². The Hall–Kier alpha value is -2.25. The van der Waals surface area contributed by atoms with Crippen LogP contribution in [0.3, 0.4) is 0 Å². The molecule has 2 aromatic heterocycles. The van der Waals surface area contributed by atoms with Gasteiger partial charge < -0.3 is 4.90 Å². The summed E-state index contributed by atoms with van der Waals surface area (Å²) in [5.41, 5.74) is 2.00. The van der Waals surface area contributed by atoms with Gasteiger partial charge in [-0.05, 0) is 36.4 Å². The van der Waals surface area contributed by atoms with Gasteiger partial charge in [-0.25, -0.2) is 0 Å². The van der Waals surface area contributed by atoms with Crippen LogP contribution in [0.15, 0.2) is 34.4 Å². The van der Waals surface area contributed by atoms with Crippen molar-refractivity contribution in [1.82, 2.24) is 14.4 Å². The highest BCUT2D eigenvalue weighted by Crippen LogP contribution is 2.42. The molecule has 2 aliphatic heterocycles. The van der Waals surface area contributed by atoms with Crippen LogP contribution in [-0.4, -0.2) is 53.2 Å². The van der Waals surface area contributed by atoms with Gasteiger partial charge in [0.05, 0.1) is 4.88 Å². The second-order valence-corrected chi connectivity index (χ2v) is 9.01. The highest BCUT2D eigenvalue weighted by atomic mass is 32.1. The Morgan fingerprint density at radius 2 is 2.04 bits per heavy atom. The Balaban J connectivity index is 1.65. The normalized spacial score (nSPS) is 23.9. The van der Waals surface area contributed by atoms with E-state index < -0.39 is 6.04 Å². The van der Waals surface area contributed by atoms with Crippen LogP contribution in [0.4, 0.5) is 0 Å². The fraction of sp³-hybridized carbons (Fsp3) is 0.476. The van der Waals surface area contributed by atoms with Gasteiger partial charge in [0.25, 0.3) is 5.56 Å². The summed E-state index contributed by atoms with van der Waals surface area (Å²) in [6.07, 6.45) is 0.923. The number of thiophene rings is 1. The molecule has 0 N–H and O–H groups in total. The molecule has 0 aliphatic carbocycles. The fourth-order valence-corrected chi connectivity index (χ4v) is 5.45. The van der Waals surface area contributed by atoms with Crippen LogP contribution >= 0.6 is 11.3 Å². The molecule has 7 heteroatoms. The number of carbonyl (C=O) groups is 2. The first-order chi connectivity index (χ1) is 13.3. The monoisotopic (exact) mass is 399 g/mol. The predicted molar refractivity (Wildman–Crippen MR) is 109 cm³/mol. The van der Waals surface area contributed by atoms with Gasteiger partial charge in [-0.15, -0.1) is 11.3 Å². The summed E-state index contributed by atoms with van der Waals surface area (Å²) in [7, 11) is 3.49. The van der Waals surface area contributed by atoms with Gasteiger partial charge in [0.1, 0.15) is 6.04 Å². The van der Waals surface area contributed by atoms with Gasteiger partial charge in [0.2, 0.25) is 5.91 Å². The van der Waals surface area contributed by atoms with E-state index in [9.17, 15) is 14.4 Å². The standard InChI is InChI=1S/C21H25N3O3S/c1-13(25)18-7-14(12-28-18)9-23-10-15-8-16(11-23)20(21(27)22(2)3)24-17(15)5-4-6-19(24)26/h4-7,12,15-16,20H,8-11H2,1-3H3/t15-,16+,20-/m1/s1. The Morgan fingerprint density at radius 1 is 1.25 bits per heavy atom. The maximum Gasteiger partial charge on any atom is 0.251 e. The number of Topliss-reactive ketones (excluding diaryl/α,β-unsaturated/α-hetero) is 1. The SMILES string of the molecule is CC(=O)c1cc(CN2C[C@H]3C[C@@H](C2)[C@H](C(=O)N(C)C)n2c3cccc2=O)cs1. The van der Waals surface area contributed by atoms with Crippen LogP contribution < -0.4 is 5.56 Å². The van der Waals surface area contributed by atoms with Gasteiger partial charge in [0, 0.05) is 57.3 Å². The minimum Gasteiger partial charge on any atom is -0.347 e. The number of piperidine rings is 1. The van der Waals surface area contributed by atoms with Crippen LogP contribution in [-0.2, 0) is 11.3 Å². The van der Waals surface area contributed by atoms with Gasteiger partial charge in [-0.1, -0.05) is 6.07 Å². The molecule has 1 saturated heterocycles. The third-order valence-electron chi connectivity index (χ3n) is 5.82. The minimum atomic E-state index is -0.451. The zero-order valence-corrected chi connectivity index (χ0v) is 17.2. The number of fused-ring (bicyclic) bond motifs is 4. The number of amides is 1. The van der Waals surface area contributed by atoms with Crippen LogP contribution in [0.1, 0.15) is 46.2 Å². The van der Waals surface area contributed by atoms with E-state index in [1.807, 2.05) is 17.5 Å². The molecular formula is C21H25N3O3S. The lowest BCUT2D eigenvalue weighted by Crippen LogP contribution is -2.52. The number of hydrogen-bond acceptors (Lipinski definition) is 5. The first kappa shape index (κ1) is 19.1. The summed E-state index contributed by atoms with van der Waals surface area (Å²) in [6.45, 7) is 3.98. The molecule has 6 nitrogen and oxygen atoms in total. The first-order valence-corrected chi connectivity index (χ1v) is 10.5. The van der Waals surface area contributed by atoms with Gasteiger partial charge in [-0.3, -0.25) is 23.9 Å². The summed E-state index contributed by atoms with van der Waals surface area (Å²) in [6, 6.07) is 6.85. The first-order valence-electron chi connectivity index (χ1n) is 9.58. The van der Waals surface area contributed by atoms with Crippen molar-refractivity contribution in [1.29, 1.82) is 0 Å². The highest BCUT2D eigenvalue weighted by Gasteiger charge is 2.44. The van der Waals surface area contributed by atoms with Crippen molar-refractivity contribution >= 4 is 23.0 Å². The van der Waals surface area contributed by atoms with Gasteiger partial charge >= 0.3 is 0 Å². The molecule has 1 amide bonds.